The van der Waals surface area contributed by atoms with Gasteiger partial charge in [0.1, 0.15) is 17.0 Å². The van der Waals surface area contributed by atoms with Gasteiger partial charge in [0.05, 0.1) is 16.3 Å². The van der Waals surface area contributed by atoms with Gasteiger partial charge in [0.2, 0.25) is 10.0 Å². The molecule has 0 unspecified atom stereocenters. The van der Waals surface area contributed by atoms with Crippen LogP contribution in [0.15, 0.2) is 46.9 Å². The Balaban J connectivity index is 1.96. The molecule has 6 nitrogen and oxygen atoms in total. The number of aromatic nitrogens is 2. The smallest absolute Gasteiger partial charge is 0.238 e. The van der Waals surface area contributed by atoms with Crippen LogP contribution in [0.25, 0.3) is 10.2 Å². The minimum atomic E-state index is -3.72. The molecule has 0 saturated carbocycles. The molecule has 3 N–H and O–H groups in total. The van der Waals surface area contributed by atoms with Crippen LogP contribution in [0, 0.1) is 0 Å². The maximum absolute atomic E-state index is 11.5. The third-order valence-corrected chi connectivity index (χ3v) is 5.30. The van der Waals surface area contributed by atoms with E-state index in [1.54, 1.807) is 23.5 Å². The number of benzene rings is 1. The van der Waals surface area contributed by atoms with Gasteiger partial charge in [-0.1, -0.05) is 19.1 Å². The summed E-state index contributed by atoms with van der Waals surface area (Å²) in [6, 6.07) is 8.56. The van der Waals surface area contributed by atoms with E-state index in [0.29, 0.717) is 0 Å². The summed E-state index contributed by atoms with van der Waals surface area (Å²) < 4.78 is 23.1. The Kier molecular flexibility index (Phi) is 4.29. The van der Waals surface area contributed by atoms with E-state index in [1.807, 2.05) is 24.4 Å². The zero-order valence-corrected chi connectivity index (χ0v) is 14.1. The van der Waals surface area contributed by atoms with E-state index < -0.39 is 10.0 Å². The molecule has 2 aromatic heterocycles. The van der Waals surface area contributed by atoms with Crippen LogP contribution in [0.3, 0.4) is 0 Å². The molecule has 120 valence electrons. The highest BCUT2D eigenvalue weighted by Crippen LogP contribution is 2.29. The second-order valence-corrected chi connectivity index (χ2v) is 7.54. The molecule has 8 heteroatoms. The van der Waals surface area contributed by atoms with Crippen molar-refractivity contribution in [2.75, 3.05) is 5.32 Å². The summed E-state index contributed by atoms with van der Waals surface area (Å²) in [5.74, 6) is 0.740. The van der Waals surface area contributed by atoms with Crippen LogP contribution in [-0.4, -0.2) is 18.4 Å². The van der Waals surface area contributed by atoms with Gasteiger partial charge < -0.3 is 5.32 Å². The van der Waals surface area contributed by atoms with Crippen LogP contribution in [0.1, 0.15) is 24.9 Å². The van der Waals surface area contributed by atoms with Crippen LogP contribution < -0.4 is 10.5 Å². The van der Waals surface area contributed by atoms with Crippen LogP contribution >= 0.6 is 11.3 Å². The maximum atomic E-state index is 11.5. The molecular formula is C15H16N4O2S2. The zero-order valence-electron chi connectivity index (χ0n) is 12.4. The fraction of sp³-hybridized carbons (Fsp3) is 0.200. The highest BCUT2D eigenvalue weighted by atomic mass is 32.2. The summed E-state index contributed by atoms with van der Waals surface area (Å²) in [5.41, 5.74) is 0.848. The van der Waals surface area contributed by atoms with Crippen molar-refractivity contribution in [2.45, 2.75) is 24.3 Å². The molecule has 1 aromatic carbocycles. The highest BCUT2D eigenvalue weighted by Gasteiger charge is 2.15. The predicted octanol–water partition coefficient (Wildman–Crippen LogP) is 2.90. The molecule has 3 rings (SSSR count). The number of fused-ring (bicyclic) bond motifs is 1. The molecule has 0 aliphatic rings. The quantitative estimate of drug-likeness (QED) is 0.739. The average molecular weight is 348 g/mol. The minimum Gasteiger partial charge on any atom is -0.363 e. The molecule has 0 bridgehead atoms. The molecule has 23 heavy (non-hydrogen) atoms. The van der Waals surface area contributed by atoms with Gasteiger partial charge in [-0.3, -0.25) is 0 Å². The van der Waals surface area contributed by atoms with Gasteiger partial charge in [-0.25, -0.2) is 23.5 Å². The minimum absolute atomic E-state index is 0.0744. The Morgan fingerprint density at radius 3 is 2.87 bits per heavy atom. The molecule has 0 amide bonds. The predicted molar refractivity (Wildman–Crippen MR) is 91.9 cm³/mol. The van der Waals surface area contributed by atoms with E-state index in [1.165, 1.54) is 12.4 Å². The van der Waals surface area contributed by atoms with Gasteiger partial charge in [-0.15, -0.1) is 11.3 Å². The van der Waals surface area contributed by atoms with E-state index >= 15 is 0 Å². The number of hydrogen-bond donors (Lipinski definition) is 2. The Morgan fingerprint density at radius 1 is 1.30 bits per heavy atom. The van der Waals surface area contributed by atoms with Gasteiger partial charge >= 0.3 is 0 Å². The lowest BCUT2D eigenvalue weighted by Crippen LogP contribution is -2.15. The van der Waals surface area contributed by atoms with Crippen molar-refractivity contribution in [3.63, 3.8) is 0 Å². The van der Waals surface area contributed by atoms with Crippen LogP contribution in [0.2, 0.25) is 0 Å². The van der Waals surface area contributed by atoms with Crippen LogP contribution in [0.4, 0.5) is 5.82 Å². The number of thiophene rings is 1. The average Bonchev–Trinajstić information content (AvgIpc) is 3.01. The number of primary sulfonamides is 1. The monoisotopic (exact) mass is 348 g/mol. The largest absolute Gasteiger partial charge is 0.363 e. The molecule has 0 aliphatic carbocycles. The molecule has 0 fully saturated rings. The van der Waals surface area contributed by atoms with Gasteiger partial charge in [0.15, 0.2) is 0 Å². The second kappa shape index (κ2) is 6.23. The molecule has 0 radical (unpaired) electrons. The van der Waals surface area contributed by atoms with E-state index in [9.17, 15) is 8.42 Å². The van der Waals surface area contributed by atoms with Crippen molar-refractivity contribution in [2.24, 2.45) is 5.14 Å². The van der Waals surface area contributed by atoms with Crippen molar-refractivity contribution < 1.29 is 8.42 Å². The van der Waals surface area contributed by atoms with Gasteiger partial charge in [0, 0.05) is 0 Å². The molecule has 0 aliphatic heterocycles. The molecule has 2 heterocycles. The van der Waals surface area contributed by atoms with E-state index in [-0.39, 0.29) is 10.9 Å². The van der Waals surface area contributed by atoms with Crippen molar-refractivity contribution in [1.82, 2.24) is 9.97 Å². The molecule has 0 saturated heterocycles. The third kappa shape index (κ3) is 3.34. The lowest BCUT2D eigenvalue weighted by molar-refractivity contribution is 0.597. The number of sulfonamides is 1. The summed E-state index contributed by atoms with van der Waals surface area (Å²) in [6.45, 7) is 2.02. The molecular weight excluding hydrogens is 332 g/mol. The first kappa shape index (κ1) is 15.9. The number of nitrogens with one attached hydrogen (secondary N) is 1. The van der Waals surface area contributed by atoms with E-state index in [4.69, 9.17) is 5.14 Å². The van der Waals surface area contributed by atoms with Gasteiger partial charge in [-0.2, -0.15) is 0 Å². The van der Waals surface area contributed by atoms with Crippen molar-refractivity contribution >= 4 is 37.4 Å². The number of hydrogen-bond acceptors (Lipinski definition) is 6. The Morgan fingerprint density at radius 2 is 2.13 bits per heavy atom. The summed E-state index contributed by atoms with van der Waals surface area (Å²) >= 11 is 1.55. The second-order valence-electron chi connectivity index (χ2n) is 5.08. The molecule has 1 atom stereocenters. The van der Waals surface area contributed by atoms with Crippen molar-refractivity contribution in [3.05, 3.63) is 47.6 Å². The fourth-order valence-electron chi connectivity index (χ4n) is 2.40. The highest BCUT2D eigenvalue weighted by molar-refractivity contribution is 7.89. The number of nitrogens with zero attached hydrogens (tertiary/aromatic N) is 2. The number of anilines is 1. The van der Waals surface area contributed by atoms with Crippen LogP contribution in [-0.2, 0) is 10.0 Å². The van der Waals surface area contributed by atoms with E-state index in [2.05, 4.69) is 15.3 Å². The lowest BCUT2D eigenvalue weighted by atomic mass is 10.0. The number of nitrogens with two attached hydrogens (primary N) is 1. The summed E-state index contributed by atoms with van der Waals surface area (Å²) in [7, 11) is -3.72. The first-order valence-electron chi connectivity index (χ1n) is 7.06. The zero-order chi connectivity index (χ0) is 16.4. The van der Waals surface area contributed by atoms with Crippen molar-refractivity contribution in [1.29, 1.82) is 0 Å². The summed E-state index contributed by atoms with van der Waals surface area (Å²) in [5, 5.41) is 11.5. The first-order chi connectivity index (χ1) is 11.0. The molecule has 3 aromatic rings. The third-order valence-electron chi connectivity index (χ3n) is 3.57. The SMILES string of the molecule is CC[C@@H](Nc1ncnc2sccc12)c1cccc(S(N)(=O)=O)c1. The standard InChI is InChI=1S/C15H16N4O2S2/c1-2-13(10-4-3-5-11(8-10)23(16,20)21)19-14-12-6-7-22-15(12)18-9-17-14/h3-9,13H,2H2,1H3,(H2,16,20,21)(H,17,18,19)/t13-/m1/s1. The van der Waals surface area contributed by atoms with Crippen molar-refractivity contribution in [3.8, 4) is 0 Å². The van der Waals surface area contributed by atoms with E-state index in [0.717, 1.165) is 28.0 Å². The fourth-order valence-corrected chi connectivity index (χ4v) is 3.70. The summed E-state index contributed by atoms with van der Waals surface area (Å²) in [4.78, 5) is 9.55. The first-order valence-corrected chi connectivity index (χ1v) is 9.49. The van der Waals surface area contributed by atoms with Gasteiger partial charge in [0.25, 0.3) is 0 Å². The Bertz CT molecular complexity index is 937. The lowest BCUT2D eigenvalue weighted by Gasteiger charge is -2.19. The maximum Gasteiger partial charge on any atom is 0.238 e. The van der Waals surface area contributed by atoms with Crippen LogP contribution in [0.5, 0.6) is 0 Å². The topological polar surface area (TPSA) is 98.0 Å². The number of rotatable bonds is 5. The summed E-state index contributed by atoms with van der Waals surface area (Å²) in [6.07, 6.45) is 2.29. The Labute approximate surface area is 138 Å². The molecule has 0 spiro atoms. The Hall–Kier alpha value is -2.03. The van der Waals surface area contributed by atoms with Gasteiger partial charge in [-0.05, 0) is 35.6 Å². The normalized spacial score (nSPS) is 13.1.